The van der Waals surface area contributed by atoms with Gasteiger partial charge in [-0.1, -0.05) is 54.1 Å². The highest BCUT2D eigenvalue weighted by Crippen LogP contribution is 2.38. The summed E-state index contributed by atoms with van der Waals surface area (Å²) < 4.78 is 6.11. The Labute approximate surface area is 204 Å². The summed E-state index contributed by atoms with van der Waals surface area (Å²) in [5.74, 6) is 0.773. The van der Waals surface area contributed by atoms with Gasteiger partial charge in [0.15, 0.2) is 5.76 Å². The lowest BCUT2D eigenvalue weighted by molar-refractivity contribution is 0.629. The summed E-state index contributed by atoms with van der Waals surface area (Å²) in [6, 6.07) is 33.7. The average molecular weight is 453 g/mol. The van der Waals surface area contributed by atoms with Crippen molar-refractivity contribution in [3.05, 3.63) is 121 Å². The molecule has 0 spiro atoms. The molecule has 0 saturated carbocycles. The minimum atomic E-state index is 0.773. The molecule has 0 fully saturated rings. The molecule has 0 aliphatic heterocycles. The summed E-state index contributed by atoms with van der Waals surface area (Å²) in [6.07, 6.45) is 3.66. The largest absolute Gasteiger partial charge is 0.454 e. The van der Waals surface area contributed by atoms with Crippen molar-refractivity contribution in [1.82, 2.24) is 9.97 Å². The maximum Gasteiger partial charge on any atom is 0.153 e. The summed E-state index contributed by atoms with van der Waals surface area (Å²) in [5, 5.41) is 1.05. The number of nitrogens with zero attached hydrogens (tertiary/aromatic N) is 2. The number of furan rings is 1. The van der Waals surface area contributed by atoms with E-state index < -0.39 is 0 Å². The highest BCUT2D eigenvalue weighted by Gasteiger charge is 2.14. The van der Waals surface area contributed by atoms with Gasteiger partial charge in [-0.15, -0.1) is 0 Å². The van der Waals surface area contributed by atoms with Crippen LogP contribution < -0.4 is 0 Å². The molecule has 168 valence electrons. The molecule has 6 rings (SSSR count). The van der Waals surface area contributed by atoms with E-state index in [2.05, 4.69) is 96.6 Å². The van der Waals surface area contributed by atoms with Crippen molar-refractivity contribution >= 4 is 11.0 Å². The predicted octanol–water partition coefficient (Wildman–Crippen LogP) is 8.51. The Hall–Kier alpha value is -4.50. The van der Waals surface area contributed by atoms with Gasteiger partial charge in [-0.3, -0.25) is 9.97 Å². The molecule has 0 atom stereocenters. The molecule has 0 aliphatic rings. The van der Waals surface area contributed by atoms with Crippen molar-refractivity contribution in [1.29, 1.82) is 0 Å². The first kappa shape index (κ1) is 21.1. The van der Waals surface area contributed by atoms with E-state index in [9.17, 15) is 0 Å². The van der Waals surface area contributed by atoms with Crippen LogP contribution in [0.5, 0.6) is 0 Å². The minimum absolute atomic E-state index is 0.773. The maximum absolute atomic E-state index is 6.11. The fraction of sp³-hybridized carbons (Fsp3) is 0.0625. The van der Waals surface area contributed by atoms with Crippen LogP contribution in [-0.2, 0) is 0 Å². The molecule has 0 unspecified atom stereocenters. The lowest BCUT2D eigenvalue weighted by atomic mass is 9.91. The summed E-state index contributed by atoms with van der Waals surface area (Å²) in [4.78, 5) is 9.06. The standard InChI is InChI=1S/C32H24N2O/c1-21-6-5-7-23(16-21)27-11-9-25(30-17-22(2)13-15-34-30)19-28(27)24-10-12-31-26(18-24)20-32(35-31)29-8-3-4-14-33-29/h3-20H,1-2H3. The second-order valence-corrected chi connectivity index (χ2v) is 8.93. The van der Waals surface area contributed by atoms with Crippen molar-refractivity contribution in [2.24, 2.45) is 0 Å². The number of fused-ring (bicyclic) bond motifs is 1. The fourth-order valence-corrected chi connectivity index (χ4v) is 4.55. The molecule has 3 aromatic heterocycles. The molecule has 3 heteroatoms. The molecule has 3 nitrogen and oxygen atoms in total. The molecule has 3 aromatic carbocycles. The van der Waals surface area contributed by atoms with E-state index in [-0.39, 0.29) is 0 Å². The van der Waals surface area contributed by atoms with Gasteiger partial charge in [0.05, 0.1) is 5.69 Å². The van der Waals surface area contributed by atoms with Crippen molar-refractivity contribution in [3.8, 4) is 45.0 Å². The molecular formula is C32H24N2O. The highest BCUT2D eigenvalue weighted by atomic mass is 16.3. The van der Waals surface area contributed by atoms with Crippen LogP contribution in [0.15, 0.2) is 114 Å². The van der Waals surface area contributed by atoms with E-state index in [0.29, 0.717) is 0 Å². The van der Waals surface area contributed by atoms with Crippen LogP contribution >= 0.6 is 0 Å². The van der Waals surface area contributed by atoms with Crippen LogP contribution in [0.2, 0.25) is 0 Å². The Morgan fingerprint density at radius 3 is 2.20 bits per heavy atom. The van der Waals surface area contributed by atoms with Gasteiger partial charge in [-0.2, -0.15) is 0 Å². The normalized spacial score (nSPS) is 11.1. The van der Waals surface area contributed by atoms with Crippen LogP contribution in [0.4, 0.5) is 0 Å². The first-order valence-corrected chi connectivity index (χ1v) is 11.7. The van der Waals surface area contributed by atoms with Crippen LogP contribution in [0.3, 0.4) is 0 Å². The third-order valence-electron chi connectivity index (χ3n) is 6.30. The van der Waals surface area contributed by atoms with Crippen LogP contribution in [-0.4, -0.2) is 9.97 Å². The molecule has 0 aliphatic carbocycles. The van der Waals surface area contributed by atoms with Gasteiger partial charge >= 0.3 is 0 Å². The van der Waals surface area contributed by atoms with E-state index in [1.165, 1.54) is 27.8 Å². The van der Waals surface area contributed by atoms with Crippen LogP contribution in [0.25, 0.3) is 55.9 Å². The second kappa shape index (κ2) is 8.69. The van der Waals surface area contributed by atoms with Crippen molar-refractivity contribution < 1.29 is 4.42 Å². The first-order chi connectivity index (χ1) is 17.1. The SMILES string of the molecule is Cc1cccc(-c2ccc(-c3cc(C)ccn3)cc2-c2ccc3oc(-c4ccccn4)cc3c2)c1. The van der Waals surface area contributed by atoms with Gasteiger partial charge in [0.1, 0.15) is 11.3 Å². The smallest absolute Gasteiger partial charge is 0.153 e. The molecule has 0 bridgehead atoms. The zero-order chi connectivity index (χ0) is 23.8. The Balaban J connectivity index is 1.53. The third kappa shape index (κ3) is 4.13. The first-order valence-electron chi connectivity index (χ1n) is 11.7. The average Bonchev–Trinajstić information content (AvgIpc) is 3.32. The zero-order valence-corrected chi connectivity index (χ0v) is 19.7. The molecule has 6 aromatic rings. The summed E-state index contributed by atoms with van der Waals surface area (Å²) in [5.41, 5.74) is 10.9. The summed E-state index contributed by atoms with van der Waals surface area (Å²) in [6.45, 7) is 4.23. The fourth-order valence-electron chi connectivity index (χ4n) is 4.55. The number of pyridine rings is 2. The molecular weight excluding hydrogens is 428 g/mol. The van der Waals surface area contributed by atoms with E-state index in [1.54, 1.807) is 6.20 Å². The van der Waals surface area contributed by atoms with Gasteiger partial charge < -0.3 is 4.42 Å². The van der Waals surface area contributed by atoms with Gasteiger partial charge in [-0.25, -0.2) is 0 Å². The van der Waals surface area contributed by atoms with Crippen molar-refractivity contribution in [2.75, 3.05) is 0 Å². The van der Waals surface area contributed by atoms with Gasteiger partial charge in [0.2, 0.25) is 0 Å². The third-order valence-corrected chi connectivity index (χ3v) is 6.30. The molecule has 0 N–H and O–H groups in total. The molecule has 0 saturated heterocycles. The van der Waals surface area contributed by atoms with Gasteiger partial charge in [0, 0.05) is 23.3 Å². The van der Waals surface area contributed by atoms with Crippen LogP contribution in [0.1, 0.15) is 11.1 Å². The van der Waals surface area contributed by atoms with Gasteiger partial charge in [-0.05, 0) is 90.2 Å². The number of aryl methyl sites for hydroxylation is 2. The van der Waals surface area contributed by atoms with Crippen molar-refractivity contribution in [2.45, 2.75) is 13.8 Å². The van der Waals surface area contributed by atoms with E-state index in [4.69, 9.17) is 4.42 Å². The number of benzene rings is 3. The predicted molar refractivity (Wildman–Crippen MR) is 143 cm³/mol. The maximum atomic E-state index is 6.11. The van der Waals surface area contributed by atoms with E-state index >= 15 is 0 Å². The van der Waals surface area contributed by atoms with E-state index in [0.717, 1.165) is 39.2 Å². The zero-order valence-electron chi connectivity index (χ0n) is 19.7. The van der Waals surface area contributed by atoms with Gasteiger partial charge in [0.25, 0.3) is 0 Å². The Morgan fingerprint density at radius 2 is 1.37 bits per heavy atom. The summed E-state index contributed by atoms with van der Waals surface area (Å²) in [7, 11) is 0. The Kier molecular flexibility index (Phi) is 5.23. The number of rotatable bonds is 4. The van der Waals surface area contributed by atoms with Crippen LogP contribution in [0, 0.1) is 13.8 Å². The van der Waals surface area contributed by atoms with E-state index in [1.807, 2.05) is 30.5 Å². The number of hydrogen-bond acceptors (Lipinski definition) is 3. The Morgan fingerprint density at radius 1 is 0.543 bits per heavy atom. The lowest BCUT2D eigenvalue weighted by Crippen LogP contribution is -1.90. The number of aromatic nitrogens is 2. The second-order valence-electron chi connectivity index (χ2n) is 8.93. The monoisotopic (exact) mass is 452 g/mol. The lowest BCUT2D eigenvalue weighted by Gasteiger charge is -2.14. The Bertz CT molecular complexity index is 1660. The molecule has 0 radical (unpaired) electrons. The number of hydrogen-bond donors (Lipinski definition) is 0. The molecule has 35 heavy (non-hydrogen) atoms. The quantitative estimate of drug-likeness (QED) is 0.269. The highest BCUT2D eigenvalue weighted by molar-refractivity contribution is 5.92. The minimum Gasteiger partial charge on any atom is -0.454 e. The summed E-state index contributed by atoms with van der Waals surface area (Å²) >= 11 is 0. The molecule has 3 heterocycles. The van der Waals surface area contributed by atoms with Crippen molar-refractivity contribution in [3.63, 3.8) is 0 Å². The molecule has 0 amide bonds. The topological polar surface area (TPSA) is 38.9 Å².